The van der Waals surface area contributed by atoms with Crippen LogP contribution in [0.25, 0.3) is 33.1 Å². The highest BCUT2D eigenvalue weighted by Crippen LogP contribution is 2.27. The number of aromatic nitrogens is 3. The first kappa shape index (κ1) is 24.4. The molecule has 0 saturated heterocycles. The van der Waals surface area contributed by atoms with Crippen molar-refractivity contribution in [1.29, 1.82) is 0 Å². The van der Waals surface area contributed by atoms with Gasteiger partial charge >= 0.3 is 5.97 Å². The van der Waals surface area contributed by atoms with Crippen LogP contribution in [-0.2, 0) is 4.74 Å². The van der Waals surface area contributed by atoms with Crippen molar-refractivity contribution in [2.24, 2.45) is 0 Å². The molecule has 5 aromatic rings. The highest BCUT2D eigenvalue weighted by Gasteiger charge is 2.21. The molecule has 10 heteroatoms. The van der Waals surface area contributed by atoms with Crippen LogP contribution in [0, 0.1) is 6.92 Å². The van der Waals surface area contributed by atoms with Crippen LogP contribution in [0.4, 0.5) is 5.95 Å². The maximum Gasteiger partial charge on any atom is 0.341 e. The molecule has 5 rings (SSSR count). The minimum Gasteiger partial charge on any atom is -0.497 e. The van der Waals surface area contributed by atoms with E-state index in [1.54, 1.807) is 74.7 Å². The summed E-state index contributed by atoms with van der Waals surface area (Å²) >= 11 is 0. The van der Waals surface area contributed by atoms with Gasteiger partial charge in [-0.1, -0.05) is 18.2 Å². The molecule has 0 radical (unpaired) electrons. The summed E-state index contributed by atoms with van der Waals surface area (Å²) in [5.41, 5.74) is 7.95. The van der Waals surface area contributed by atoms with E-state index in [9.17, 15) is 14.4 Å². The van der Waals surface area contributed by atoms with E-state index in [0.29, 0.717) is 44.5 Å². The average molecular weight is 510 g/mol. The largest absolute Gasteiger partial charge is 0.497 e. The predicted octanol–water partition coefficient (Wildman–Crippen LogP) is 4.00. The molecule has 1 amide bonds. The predicted molar refractivity (Wildman–Crippen MR) is 143 cm³/mol. The Balaban J connectivity index is 1.49. The summed E-state index contributed by atoms with van der Waals surface area (Å²) in [5.74, 6) is -0.388. The number of hydrogen-bond acceptors (Lipinski definition) is 8. The molecule has 0 atom stereocenters. The van der Waals surface area contributed by atoms with E-state index >= 15 is 0 Å². The maximum absolute atomic E-state index is 13.2. The van der Waals surface area contributed by atoms with Gasteiger partial charge in [-0.3, -0.25) is 20.4 Å². The Bertz CT molecular complexity index is 1760. The van der Waals surface area contributed by atoms with Gasteiger partial charge in [-0.25, -0.2) is 14.8 Å². The zero-order valence-corrected chi connectivity index (χ0v) is 20.8. The van der Waals surface area contributed by atoms with Crippen molar-refractivity contribution in [2.75, 3.05) is 19.6 Å². The minimum atomic E-state index is -0.587. The second-order valence-electron chi connectivity index (χ2n) is 8.38. The maximum atomic E-state index is 13.2. The Morgan fingerprint density at radius 2 is 1.63 bits per heavy atom. The second-order valence-corrected chi connectivity index (χ2v) is 8.38. The van der Waals surface area contributed by atoms with Gasteiger partial charge in [0.15, 0.2) is 5.43 Å². The van der Waals surface area contributed by atoms with Crippen LogP contribution >= 0.6 is 0 Å². The van der Waals surface area contributed by atoms with Crippen molar-refractivity contribution in [2.45, 2.75) is 6.92 Å². The van der Waals surface area contributed by atoms with Crippen LogP contribution in [0.1, 0.15) is 26.4 Å². The van der Waals surface area contributed by atoms with Gasteiger partial charge in [-0.15, -0.1) is 0 Å². The third kappa shape index (κ3) is 4.39. The average Bonchev–Trinajstić information content (AvgIpc) is 2.95. The van der Waals surface area contributed by atoms with Gasteiger partial charge < -0.3 is 14.5 Å². The van der Waals surface area contributed by atoms with Crippen molar-refractivity contribution in [3.8, 4) is 17.0 Å². The summed E-state index contributed by atoms with van der Waals surface area (Å²) < 4.78 is 10.2. The molecule has 190 valence electrons. The summed E-state index contributed by atoms with van der Waals surface area (Å²) in [6.45, 7) is 1.65. The van der Waals surface area contributed by atoms with Gasteiger partial charge in [0.05, 0.1) is 36.7 Å². The molecule has 10 nitrogen and oxygen atoms in total. The lowest BCUT2D eigenvalue weighted by Crippen LogP contribution is -2.31. The number of pyridine rings is 1. The number of nitrogens with zero attached hydrogens (tertiary/aromatic N) is 2. The number of benzene rings is 3. The summed E-state index contributed by atoms with van der Waals surface area (Å²) in [5, 5.41) is 0.934. The molecule has 0 unspecified atom stereocenters. The van der Waals surface area contributed by atoms with Crippen LogP contribution < -0.4 is 21.0 Å². The lowest BCUT2D eigenvalue weighted by molar-refractivity contribution is 0.0599. The van der Waals surface area contributed by atoms with E-state index < -0.39 is 11.9 Å². The van der Waals surface area contributed by atoms with E-state index in [1.165, 1.54) is 7.11 Å². The molecule has 0 bridgehead atoms. The highest BCUT2D eigenvalue weighted by atomic mass is 16.5. The number of H-pyrrole nitrogens is 1. The molecular formula is C28H23N5O5. The molecule has 2 heterocycles. The number of anilines is 1. The first-order chi connectivity index (χ1) is 18.4. The molecular weight excluding hydrogens is 486 g/mol. The number of nitrogens with one attached hydrogen (secondary N) is 3. The summed E-state index contributed by atoms with van der Waals surface area (Å²) in [4.78, 5) is 50.6. The van der Waals surface area contributed by atoms with Crippen molar-refractivity contribution >= 4 is 39.6 Å². The number of carbonyl (C=O) groups is 2. The number of amides is 1. The Hall–Kier alpha value is -5.25. The summed E-state index contributed by atoms with van der Waals surface area (Å²) in [7, 11) is 2.84. The molecule has 3 N–H and O–H groups in total. The second kappa shape index (κ2) is 10.0. The number of carbonyl (C=O) groups excluding carboxylic acids is 2. The third-order valence-electron chi connectivity index (χ3n) is 6.12. The first-order valence-electron chi connectivity index (χ1n) is 11.6. The lowest BCUT2D eigenvalue weighted by atomic mass is 10.0. The Labute approximate surface area is 216 Å². The molecule has 0 aliphatic heterocycles. The van der Waals surface area contributed by atoms with Crippen LogP contribution in [0.15, 0.2) is 71.5 Å². The summed E-state index contributed by atoms with van der Waals surface area (Å²) in [6, 6.07) is 19.0. The SMILES string of the molecule is COC(=O)c1c(C)nc(NNC(=O)c2cccc3c(=O)c4ccccc4[nH]c23)nc1-c1ccc(OC)cc1. The monoisotopic (exact) mass is 509 g/mol. The van der Waals surface area contributed by atoms with Crippen molar-refractivity contribution in [1.82, 2.24) is 20.4 Å². The van der Waals surface area contributed by atoms with Gasteiger partial charge in [0.25, 0.3) is 5.91 Å². The molecule has 0 aliphatic carbocycles. The molecule has 0 fully saturated rings. The summed E-state index contributed by atoms with van der Waals surface area (Å²) in [6.07, 6.45) is 0. The van der Waals surface area contributed by atoms with E-state index in [0.717, 1.165) is 0 Å². The zero-order chi connectivity index (χ0) is 26.8. The fourth-order valence-electron chi connectivity index (χ4n) is 4.25. The number of aromatic amines is 1. The van der Waals surface area contributed by atoms with E-state index in [4.69, 9.17) is 9.47 Å². The van der Waals surface area contributed by atoms with Crippen LogP contribution in [0.3, 0.4) is 0 Å². The van der Waals surface area contributed by atoms with Crippen molar-refractivity contribution in [3.05, 3.63) is 93.8 Å². The normalized spacial score (nSPS) is 10.8. The quantitative estimate of drug-likeness (QED) is 0.178. The van der Waals surface area contributed by atoms with E-state index in [2.05, 4.69) is 25.8 Å². The molecule has 3 aromatic carbocycles. The van der Waals surface area contributed by atoms with E-state index in [-0.39, 0.29) is 22.5 Å². The van der Waals surface area contributed by atoms with Crippen LogP contribution in [0.2, 0.25) is 0 Å². The number of aryl methyl sites for hydroxylation is 1. The molecule has 0 aliphatic rings. The molecule has 38 heavy (non-hydrogen) atoms. The Morgan fingerprint density at radius 1 is 0.895 bits per heavy atom. The van der Waals surface area contributed by atoms with Gasteiger partial charge in [-0.2, -0.15) is 0 Å². The number of para-hydroxylation sites is 2. The van der Waals surface area contributed by atoms with Gasteiger partial charge in [0.1, 0.15) is 11.3 Å². The number of hydrogen-bond donors (Lipinski definition) is 3. The van der Waals surface area contributed by atoms with Crippen molar-refractivity contribution < 1.29 is 19.1 Å². The van der Waals surface area contributed by atoms with Crippen LogP contribution in [-0.4, -0.2) is 41.0 Å². The Kier molecular flexibility index (Phi) is 6.44. The van der Waals surface area contributed by atoms with Gasteiger partial charge in [0.2, 0.25) is 5.95 Å². The fourth-order valence-corrected chi connectivity index (χ4v) is 4.25. The minimum absolute atomic E-state index is 0.0634. The standard InChI is InChI=1S/C28H23N5O5/c1-15-22(27(36)38-3)23(16-11-13-17(37-2)14-12-16)31-28(29-15)33-32-26(35)20-9-6-8-19-24(20)30-21-10-5-4-7-18(21)25(19)34/h4-14H,1-3H3,(H,30,34)(H,32,35)(H,29,31,33). The topological polar surface area (TPSA) is 135 Å². The van der Waals surface area contributed by atoms with Gasteiger partial charge in [0, 0.05) is 21.9 Å². The molecule has 0 saturated carbocycles. The van der Waals surface area contributed by atoms with E-state index in [1.807, 2.05) is 6.07 Å². The number of ether oxygens (including phenoxy) is 2. The number of fused-ring (bicyclic) bond motifs is 2. The fraction of sp³-hybridized carbons (Fsp3) is 0.107. The molecule has 0 spiro atoms. The Morgan fingerprint density at radius 3 is 2.37 bits per heavy atom. The van der Waals surface area contributed by atoms with Crippen LogP contribution in [0.5, 0.6) is 5.75 Å². The highest BCUT2D eigenvalue weighted by molar-refractivity contribution is 6.08. The number of rotatable bonds is 6. The lowest BCUT2D eigenvalue weighted by Gasteiger charge is -2.14. The third-order valence-corrected chi connectivity index (χ3v) is 6.12. The smallest absolute Gasteiger partial charge is 0.341 e. The molecule has 2 aromatic heterocycles. The van der Waals surface area contributed by atoms with Crippen molar-refractivity contribution in [3.63, 3.8) is 0 Å². The zero-order valence-electron chi connectivity index (χ0n) is 20.8. The number of esters is 1. The number of methoxy groups -OCH3 is 2. The van der Waals surface area contributed by atoms with Gasteiger partial charge in [-0.05, 0) is 55.5 Å². The number of hydrazine groups is 1. The first-order valence-corrected chi connectivity index (χ1v) is 11.6.